The van der Waals surface area contributed by atoms with Gasteiger partial charge in [0.15, 0.2) is 0 Å². The molecule has 0 aromatic heterocycles. The van der Waals surface area contributed by atoms with Gasteiger partial charge in [-0.25, -0.2) is 0 Å². The Morgan fingerprint density at radius 1 is 1.19 bits per heavy atom. The lowest BCUT2D eigenvalue weighted by Gasteiger charge is -2.46. The zero-order chi connectivity index (χ0) is 14.8. The van der Waals surface area contributed by atoms with Crippen molar-refractivity contribution in [2.45, 2.75) is 31.3 Å². The summed E-state index contributed by atoms with van der Waals surface area (Å²) < 4.78 is 0. The second-order valence-corrected chi connectivity index (χ2v) is 6.94. The van der Waals surface area contributed by atoms with Gasteiger partial charge in [0.2, 0.25) is 0 Å². The summed E-state index contributed by atoms with van der Waals surface area (Å²) >= 11 is 12.4. The lowest BCUT2D eigenvalue weighted by atomic mass is 9.97. The lowest BCUT2D eigenvalue weighted by Crippen LogP contribution is -2.56. The summed E-state index contributed by atoms with van der Waals surface area (Å²) in [5, 5.41) is 1.40. The molecule has 2 unspecified atom stereocenters. The number of piperidine rings is 1. The SMILES string of the molecule is NCC(c1ccc(Cl)cc1Cl)N1CCN2CCCCC2C1. The summed E-state index contributed by atoms with van der Waals surface area (Å²) in [4.78, 5) is 5.14. The van der Waals surface area contributed by atoms with Crippen molar-refractivity contribution in [3.05, 3.63) is 33.8 Å². The van der Waals surface area contributed by atoms with Crippen LogP contribution in [0.2, 0.25) is 10.0 Å². The Hall–Kier alpha value is -0.320. The number of hydrogen-bond donors (Lipinski definition) is 1. The zero-order valence-corrected chi connectivity index (χ0v) is 13.8. The van der Waals surface area contributed by atoms with E-state index in [2.05, 4.69) is 9.80 Å². The molecule has 0 spiro atoms. The van der Waals surface area contributed by atoms with E-state index in [-0.39, 0.29) is 6.04 Å². The average Bonchev–Trinajstić information content (AvgIpc) is 2.50. The molecule has 0 amide bonds. The average molecular weight is 328 g/mol. The molecule has 3 rings (SSSR count). The number of piperazine rings is 1. The molecule has 5 heteroatoms. The van der Waals surface area contributed by atoms with Gasteiger partial charge in [0.05, 0.1) is 0 Å². The van der Waals surface area contributed by atoms with Crippen molar-refractivity contribution in [1.82, 2.24) is 9.80 Å². The molecule has 2 atom stereocenters. The second-order valence-electron chi connectivity index (χ2n) is 6.10. The van der Waals surface area contributed by atoms with Gasteiger partial charge >= 0.3 is 0 Å². The smallest absolute Gasteiger partial charge is 0.0486 e. The molecule has 1 aromatic carbocycles. The predicted molar refractivity (Wildman–Crippen MR) is 89.0 cm³/mol. The van der Waals surface area contributed by atoms with Crippen LogP contribution in [0.1, 0.15) is 30.9 Å². The molecule has 0 bridgehead atoms. The normalized spacial score (nSPS) is 25.6. The standard InChI is InChI=1S/C16H23Cl2N3/c17-12-4-5-14(15(18)9-12)16(10-19)21-8-7-20-6-2-1-3-13(20)11-21/h4-5,9,13,16H,1-3,6-8,10-11,19H2. The number of benzene rings is 1. The molecule has 3 nitrogen and oxygen atoms in total. The van der Waals surface area contributed by atoms with E-state index in [0.717, 1.165) is 30.2 Å². The lowest BCUT2D eigenvalue weighted by molar-refractivity contribution is 0.0286. The first-order valence-corrected chi connectivity index (χ1v) is 8.57. The molecule has 2 saturated heterocycles. The van der Waals surface area contributed by atoms with Crippen LogP contribution >= 0.6 is 23.2 Å². The Morgan fingerprint density at radius 2 is 2.05 bits per heavy atom. The molecule has 2 fully saturated rings. The number of nitrogens with two attached hydrogens (primary N) is 1. The highest BCUT2D eigenvalue weighted by molar-refractivity contribution is 6.35. The third-order valence-corrected chi connectivity index (χ3v) is 5.42. The Labute approximate surface area is 137 Å². The van der Waals surface area contributed by atoms with Crippen molar-refractivity contribution in [2.75, 3.05) is 32.7 Å². The maximum atomic E-state index is 6.38. The molecule has 1 aromatic rings. The molecule has 0 radical (unpaired) electrons. The fraction of sp³-hybridized carbons (Fsp3) is 0.625. The largest absolute Gasteiger partial charge is 0.329 e. The van der Waals surface area contributed by atoms with E-state index in [4.69, 9.17) is 28.9 Å². The van der Waals surface area contributed by atoms with Crippen LogP contribution in [0.25, 0.3) is 0 Å². The van der Waals surface area contributed by atoms with E-state index in [1.165, 1.54) is 25.8 Å². The van der Waals surface area contributed by atoms with Gasteiger partial charge in [-0.2, -0.15) is 0 Å². The topological polar surface area (TPSA) is 32.5 Å². The minimum absolute atomic E-state index is 0.193. The number of rotatable bonds is 3. The fourth-order valence-electron chi connectivity index (χ4n) is 3.71. The van der Waals surface area contributed by atoms with Crippen molar-refractivity contribution in [1.29, 1.82) is 0 Å². The third kappa shape index (κ3) is 3.38. The first-order chi connectivity index (χ1) is 10.2. The van der Waals surface area contributed by atoms with E-state index in [9.17, 15) is 0 Å². The summed E-state index contributed by atoms with van der Waals surface area (Å²) in [6.45, 7) is 5.16. The maximum absolute atomic E-state index is 6.38. The van der Waals surface area contributed by atoms with E-state index in [1.807, 2.05) is 18.2 Å². The van der Waals surface area contributed by atoms with Crippen LogP contribution in [-0.4, -0.2) is 48.6 Å². The van der Waals surface area contributed by atoms with Crippen molar-refractivity contribution in [3.63, 3.8) is 0 Å². The van der Waals surface area contributed by atoms with Crippen molar-refractivity contribution >= 4 is 23.2 Å². The molecule has 2 aliphatic rings. The number of hydrogen-bond acceptors (Lipinski definition) is 3. The first-order valence-electron chi connectivity index (χ1n) is 7.82. The van der Waals surface area contributed by atoms with Crippen LogP contribution in [-0.2, 0) is 0 Å². The Kier molecular flexibility index (Phi) is 5.07. The fourth-order valence-corrected chi connectivity index (χ4v) is 4.24. The molecular weight excluding hydrogens is 305 g/mol. The van der Waals surface area contributed by atoms with E-state index in [0.29, 0.717) is 17.6 Å². The van der Waals surface area contributed by atoms with Crippen LogP contribution in [0.3, 0.4) is 0 Å². The van der Waals surface area contributed by atoms with Gasteiger partial charge in [0.1, 0.15) is 0 Å². The molecular formula is C16H23Cl2N3. The Morgan fingerprint density at radius 3 is 2.81 bits per heavy atom. The highest BCUT2D eigenvalue weighted by atomic mass is 35.5. The van der Waals surface area contributed by atoms with Gasteiger partial charge in [-0.15, -0.1) is 0 Å². The van der Waals surface area contributed by atoms with Crippen LogP contribution in [0, 0.1) is 0 Å². The third-order valence-electron chi connectivity index (χ3n) is 4.85. The monoisotopic (exact) mass is 327 g/mol. The molecule has 2 N–H and O–H groups in total. The molecule has 116 valence electrons. The quantitative estimate of drug-likeness (QED) is 0.925. The van der Waals surface area contributed by atoms with Crippen LogP contribution in [0.4, 0.5) is 0 Å². The van der Waals surface area contributed by atoms with Crippen LogP contribution in [0.15, 0.2) is 18.2 Å². The van der Waals surface area contributed by atoms with Crippen LogP contribution < -0.4 is 5.73 Å². The van der Waals surface area contributed by atoms with E-state index < -0.39 is 0 Å². The minimum Gasteiger partial charge on any atom is -0.329 e. The number of nitrogens with zero attached hydrogens (tertiary/aromatic N) is 2. The van der Waals surface area contributed by atoms with Crippen LogP contribution in [0.5, 0.6) is 0 Å². The Balaban J connectivity index is 1.77. The first kappa shape index (κ1) is 15.6. The van der Waals surface area contributed by atoms with Gasteiger partial charge in [0, 0.05) is 48.3 Å². The predicted octanol–water partition coefficient (Wildman–Crippen LogP) is 3.16. The molecule has 0 saturated carbocycles. The van der Waals surface area contributed by atoms with E-state index >= 15 is 0 Å². The van der Waals surface area contributed by atoms with Gasteiger partial charge in [0.25, 0.3) is 0 Å². The van der Waals surface area contributed by atoms with Crippen molar-refractivity contribution in [3.8, 4) is 0 Å². The molecule has 0 aliphatic carbocycles. The van der Waals surface area contributed by atoms with Crippen molar-refractivity contribution in [2.24, 2.45) is 5.73 Å². The summed E-state index contributed by atoms with van der Waals surface area (Å²) in [6, 6.07) is 6.63. The minimum atomic E-state index is 0.193. The molecule has 2 heterocycles. The summed E-state index contributed by atoms with van der Waals surface area (Å²) in [6.07, 6.45) is 4.01. The zero-order valence-electron chi connectivity index (χ0n) is 12.3. The van der Waals surface area contributed by atoms with Gasteiger partial charge < -0.3 is 5.73 Å². The maximum Gasteiger partial charge on any atom is 0.0486 e. The Bertz CT molecular complexity index is 494. The summed E-state index contributed by atoms with van der Waals surface area (Å²) in [5.74, 6) is 0. The second kappa shape index (κ2) is 6.84. The number of halogens is 2. The van der Waals surface area contributed by atoms with Gasteiger partial charge in [-0.1, -0.05) is 35.7 Å². The van der Waals surface area contributed by atoms with Gasteiger partial charge in [-0.05, 0) is 37.1 Å². The van der Waals surface area contributed by atoms with E-state index in [1.54, 1.807) is 0 Å². The summed E-state index contributed by atoms with van der Waals surface area (Å²) in [7, 11) is 0. The summed E-state index contributed by atoms with van der Waals surface area (Å²) in [5.41, 5.74) is 7.17. The highest BCUT2D eigenvalue weighted by Gasteiger charge is 2.32. The molecule has 21 heavy (non-hydrogen) atoms. The molecule has 2 aliphatic heterocycles. The van der Waals surface area contributed by atoms with Gasteiger partial charge in [-0.3, -0.25) is 9.80 Å². The van der Waals surface area contributed by atoms with Crippen molar-refractivity contribution < 1.29 is 0 Å². The number of fused-ring (bicyclic) bond motifs is 1. The highest BCUT2D eigenvalue weighted by Crippen LogP contribution is 2.32.